The van der Waals surface area contributed by atoms with Gasteiger partial charge in [-0.2, -0.15) is 0 Å². The van der Waals surface area contributed by atoms with Crippen molar-refractivity contribution in [2.45, 2.75) is 63.3 Å². The molecule has 3 rings (SSSR count). The van der Waals surface area contributed by atoms with Gasteiger partial charge in [0.2, 0.25) is 5.91 Å². The Bertz CT molecular complexity index is 484. The fourth-order valence-electron chi connectivity index (χ4n) is 3.78. The summed E-state index contributed by atoms with van der Waals surface area (Å²) in [6.45, 7) is 2.78. The first kappa shape index (κ1) is 20.2. The number of carbonyl (C=O) groups excluding carboxylic acids is 1. The molecule has 0 saturated carbocycles. The second-order valence-corrected chi connectivity index (χ2v) is 6.51. The minimum Gasteiger partial charge on any atom is -0.352 e. The summed E-state index contributed by atoms with van der Waals surface area (Å²) in [4.78, 5) is 14.4. The van der Waals surface area contributed by atoms with Gasteiger partial charge >= 0.3 is 0 Å². The third kappa shape index (κ3) is 4.83. The molecule has 2 fully saturated rings. The van der Waals surface area contributed by atoms with Crippen molar-refractivity contribution in [3.8, 4) is 0 Å². The zero-order chi connectivity index (χ0) is 14.8. The second kappa shape index (κ2) is 8.88. The normalized spacial score (nSPS) is 27.5. The third-order valence-corrected chi connectivity index (χ3v) is 4.85. The van der Waals surface area contributed by atoms with Crippen molar-refractivity contribution in [2.75, 3.05) is 0 Å². The van der Waals surface area contributed by atoms with E-state index < -0.39 is 6.04 Å². The first-order chi connectivity index (χ1) is 10.1. The average Bonchev–Trinajstić information content (AvgIpc) is 2.71. The van der Waals surface area contributed by atoms with Gasteiger partial charge in [0, 0.05) is 24.7 Å². The van der Waals surface area contributed by atoms with Crippen molar-refractivity contribution in [3.63, 3.8) is 0 Å². The van der Waals surface area contributed by atoms with E-state index in [0.717, 1.165) is 19.4 Å². The molecular formula is C17H27Cl2N3O. The summed E-state index contributed by atoms with van der Waals surface area (Å²) >= 11 is 0. The molecule has 2 aliphatic heterocycles. The van der Waals surface area contributed by atoms with Gasteiger partial charge in [-0.05, 0) is 38.2 Å². The number of nitrogens with two attached hydrogens (primary N) is 1. The van der Waals surface area contributed by atoms with Gasteiger partial charge in [0.05, 0.1) is 6.04 Å². The van der Waals surface area contributed by atoms with E-state index in [9.17, 15) is 4.79 Å². The number of halogens is 2. The zero-order valence-corrected chi connectivity index (χ0v) is 15.1. The maximum Gasteiger partial charge on any atom is 0.236 e. The summed E-state index contributed by atoms with van der Waals surface area (Å²) < 4.78 is 0. The van der Waals surface area contributed by atoms with Crippen LogP contribution in [0, 0.1) is 0 Å². The van der Waals surface area contributed by atoms with Crippen molar-refractivity contribution in [3.05, 3.63) is 35.9 Å². The Morgan fingerprint density at radius 2 is 1.78 bits per heavy atom. The largest absolute Gasteiger partial charge is 0.352 e. The summed E-state index contributed by atoms with van der Waals surface area (Å²) in [6.07, 6.45) is 4.62. The molecule has 0 aromatic heterocycles. The molecule has 3 atom stereocenters. The molecule has 2 bridgehead atoms. The van der Waals surface area contributed by atoms with E-state index in [4.69, 9.17) is 5.73 Å². The molecule has 2 saturated heterocycles. The number of hydrogen-bond acceptors (Lipinski definition) is 3. The number of carbonyl (C=O) groups is 1. The Hall–Kier alpha value is -0.810. The zero-order valence-electron chi connectivity index (χ0n) is 13.5. The van der Waals surface area contributed by atoms with E-state index in [1.54, 1.807) is 6.92 Å². The summed E-state index contributed by atoms with van der Waals surface area (Å²) in [5, 5.41) is 3.11. The topological polar surface area (TPSA) is 58.4 Å². The van der Waals surface area contributed by atoms with E-state index >= 15 is 0 Å². The highest BCUT2D eigenvalue weighted by atomic mass is 35.5. The first-order valence-electron chi connectivity index (χ1n) is 7.99. The van der Waals surface area contributed by atoms with Crippen LogP contribution in [-0.4, -0.2) is 35.0 Å². The highest BCUT2D eigenvalue weighted by Crippen LogP contribution is 2.36. The Kier molecular flexibility index (Phi) is 7.81. The van der Waals surface area contributed by atoms with E-state index in [-0.39, 0.29) is 30.7 Å². The third-order valence-electron chi connectivity index (χ3n) is 4.85. The molecule has 0 radical (unpaired) electrons. The van der Waals surface area contributed by atoms with Crippen LogP contribution < -0.4 is 11.1 Å². The first-order valence-corrected chi connectivity index (χ1v) is 7.99. The summed E-state index contributed by atoms with van der Waals surface area (Å²) in [5.74, 6) is -0.0177. The molecule has 1 aromatic rings. The molecule has 2 unspecified atom stereocenters. The number of nitrogens with one attached hydrogen (secondary N) is 1. The number of benzene rings is 1. The van der Waals surface area contributed by atoms with Gasteiger partial charge in [0.15, 0.2) is 0 Å². The van der Waals surface area contributed by atoms with Crippen LogP contribution in [0.1, 0.15) is 38.2 Å². The van der Waals surface area contributed by atoms with E-state index in [1.807, 2.05) is 0 Å². The van der Waals surface area contributed by atoms with Gasteiger partial charge in [0.25, 0.3) is 0 Å². The van der Waals surface area contributed by atoms with Crippen LogP contribution in [0.4, 0.5) is 0 Å². The lowest BCUT2D eigenvalue weighted by Gasteiger charge is -2.39. The predicted octanol–water partition coefficient (Wildman–Crippen LogP) is 2.49. The molecular weight excluding hydrogens is 333 g/mol. The predicted molar refractivity (Wildman–Crippen MR) is 98.1 cm³/mol. The van der Waals surface area contributed by atoms with Crippen molar-refractivity contribution < 1.29 is 4.79 Å². The van der Waals surface area contributed by atoms with Crippen LogP contribution in [0.5, 0.6) is 0 Å². The van der Waals surface area contributed by atoms with Crippen LogP contribution in [-0.2, 0) is 11.3 Å². The SMILES string of the molecule is C[C@@H](N)C(=O)NC1CC2CCC(C1)N2Cc1ccccc1.Cl.Cl. The summed E-state index contributed by atoms with van der Waals surface area (Å²) in [6, 6.07) is 11.8. The van der Waals surface area contributed by atoms with E-state index in [1.165, 1.54) is 18.4 Å². The Morgan fingerprint density at radius 3 is 2.30 bits per heavy atom. The molecule has 0 spiro atoms. The highest BCUT2D eigenvalue weighted by Gasteiger charge is 2.40. The van der Waals surface area contributed by atoms with Crippen molar-refractivity contribution in [1.82, 2.24) is 10.2 Å². The molecule has 23 heavy (non-hydrogen) atoms. The molecule has 2 heterocycles. The monoisotopic (exact) mass is 359 g/mol. The van der Waals surface area contributed by atoms with Gasteiger partial charge in [-0.25, -0.2) is 0 Å². The molecule has 4 nitrogen and oxygen atoms in total. The maximum absolute atomic E-state index is 11.8. The molecule has 1 aromatic carbocycles. The van der Waals surface area contributed by atoms with Crippen molar-refractivity contribution >= 4 is 30.7 Å². The van der Waals surface area contributed by atoms with Gasteiger partial charge in [-0.3, -0.25) is 9.69 Å². The Morgan fingerprint density at radius 1 is 1.22 bits per heavy atom. The van der Waals surface area contributed by atoms with E-state index in [0.29, 0.717) is 18.1 Å². The maximum atomic E-state index is 11.8. The van der Waals surface area contributed by atoms with Gasteiger partial charge in [-0.15, -0.1) is 24.8 Å². The van der Waals surface area contributed by atoms with Crippen molar-refractivity contribution in [2.24, 2.45) is 5.73 Å². The number of rotatable bonds is 4. The van der Waals surface area contributed by atoms with Gasteiger partial charge in [-0.1, -0.05) is 30.3 Å². The fraction of sp³-hybridized carbons (Fsp3) is 0.588. The molecule has 1 amide bonds. The smallest absolute Gasteiger partial charge is 0.236 e. The molecule has 0 aliphatic carbocycles. The minimum absolute atomic E-state index is 0. The van der Waals surface area contributed by atoms with Gasteiger partial charge < -0.3 is 11.1 Å². The Labute approximate surface area is 151 Å². The highest BCUT2D eigenvalue weighted by molar-refractivity contribution is 5.85. The number of nitrogens with zero attached hydrogens (tertiary/aromatic N) is 1. The lowest BCUT2D eigenvalue weighted by atomic mass is 9.96. The van der Waals surface area contributed by atoms with Crippen LogP contribution in [0.25, 0.3) is 0 Å². The van der Waals surface area contributed by atoms with E-state index in [2.05, 4.69) is 40.5 Å². The Balaban J connectivity index is 0.00000132. The quantitative estimate of drug-likeness (QED) is 0.867. The van der Waals surface area contributed by atoms with Crippen LogP contribution in [0.15, 0.2) is 30.3 Å². The second-order valence-electron chi connectivity index (χ2n) is 6.51. The van der Waals surface area contributed by atoms with Gasteiger partial charge in [0.1, 0.15) is 0 Å². The molecule has 2 aliphatic rings. The summed E-state index contributed by atoms with van der Waals surface area (Å²) in [5.41, 5.74) is 7.03. The minimum atomic E-state index is -0.412. The average molecular weight is 360 g/mol. The molecule has 3 N–H and O–H groups in total. The summed E-state index contributed by atoms with van der Waals surface area (Å²) in [7, 11) is 0. The molecule has 130 valence electrons. The van der Waals surface area contributed by atoms with Crippen LogP contribution in [0.3, 0.4) is 0 Å². The van der Waals surface area contributed by atoms with Crippen LogP contribution in [0.2, 0.25) is 0 Å². The van der Waals surface area contributed by atoms with Crippen LogP contribution >= 0.6 is 24.8 Å². The number of hydrogen-bond donors (Lipinski definition) is 2. The van der Waals surface area contributed by atoms with Crippen molar-refractivity contribution in [1.29, 1.82) is 0 Å². The molecule has 6 heteroatoms. The standard InChI is InChI=1S/C17H25N3O.2ClH/c1-12(18)17(21)19-14-9-15-7-8-16(10-14)20(15)11-13-5-3-2-4-6-13;;/h2-6,12,14-16H,7-11,18H2,1H3,(H,19,21);2*1H/t12-,14?,15?,16?;;/m1../s1. The number of fused-ring (bicyclic) bond motifs is 2. The fourth-order valence-corrected chi connectivity index (χ4v) is 3.78. The lowest BCUT2D eigenvalue weighted by Crippen LogP contribution is -2.52. The lowest BCUT2D eigenvalue weighted by molar-refractivity contribution is -0.123. The number of amides is 1. The number of piperidine rings is 1.